The van der Waals surface area contributed by atoms with Gasteiger partial charge in [0.15, 0.2) is 11.6 Å². The molecule has 4 atom stereocenters. The van der Waals surface area contributed by atoms with Crippen LogP contribution < -0.4 is 20.9 Å². The van der Waals surface area contributed by atoms with Gasteiger partial charge in [-0.15, -0.1) is 0 Å². The molecule has 38 heavy (non-hydrogen) atoms. The van der Waals surface area contributed by atoms with Crippen LogP contribution in [0.1, 0.15) is 39.5 Å². The lowest BCUT2D eigenvalue weighted by Crippen LogP contribution is -2.23. The van der Waals surface area contributed by atoms with Crippen molar-refractivity contribution in [3.8, 4) is 11.5 Å². The van der Waals surface area contributed by atoms with E-state index in [1.807, 2.05) is 6.92 Å². The Morgan fingerprint density at radius 3 is 1.92 bits per heavy atom. The quantitative estimate of drug-likeness (QED) is 0.352. The van der Waals surface area contributed by atoms with E-state index in [4.69, 9.17) is 65.2 Å². The molecule has 0 fully saturated rings. The molecule has 2 aromatic rings. The first-order valence-electron chi connectivity index (χ1n) is 12.3. The molecular weight excluding hydrogens is 558 g/mol. The number of nitrogens with zero attached hydrogens (tertiary/aromatic N) is 2. The normalized spacial score (nSPS) is 19.7. The molecule has 0 unspecified atom stereocenters. The van der Waals surface area contributed by atoms with E-state index in [2.05, 4.69) is 16.9 Å². The average molecular weight is 590 g/mol. The van der Waals surface area contributed by atoms with Gasteiger partial charge < -0.3 is 30.4 Å². The number of hydrogen-bond donors (Lipinski definition) is 2. The zero-order valence-corrected chi connectivity index (χ0v) is 23.5. The first-order valence-corrected chi connectivity index (χ1v) is 13.5. The van der Waals surface area contributed by atoms with E-state index in [0.717, 1.165) is 19.3 Å². The number of ether oxygens (including phenoxy) is 4. The van der Waals surface area contributed by atoms with Crippen LogP contribution in [0.3, 0.4) is 0 Å². The number of rotatable bonds is 10. The van der Waals surface area contributed by atoms with Crippen molar-refractivity contribution in [1.82, 2.24) is 0 Å². The molecule has 12 heteroatoms. The Hall–Kier alpha value is -2.62. The fourth-order valence-electron chi connectivity index (χ4n) is 3.81. The Balaban J connectivity index is 0.000000211. The van der Waals surface area contributed by atoms with Crippen LogP contribution >= 0.6 is 34.8 Å². The Bertz CT molecular complexity index is 1140. The van der Waals surface area contributed by atoms with Crippen LogP contribution in [0.25, 0.3) is 0 Å². The second-order valence-corrected chi connectivity index (χ2v) is 10.0. The molecule has 2 heterocycles. The van der Waals surface area contributed by atoms with Gasteiger partial charge in [-0.2, -0.15) is 0 Å². The summed E-state index contributed by atoms with van der Waals surface area (Å²) in [7, 11) is 0. The summed E-state index contributed by atoms with van der Waals surface area (Å²) in [5.41, 5.74) is 10.9. The van der Waals surface area contributed by atoms with Gasteiger partial charge in [0, 0.05) is 23.9 Å². The molecule has 0 saturated carbocycles. The van der Waals surface area contributed by atoms with Crippen molar-refractivity contribution in [3.05, 3.63) is 57.3 Å². The summed E-state index contributed by atoms with van der Waals surface area (Å²) in [4.78, 5) is 8.33. The molecule has 8 nitrogen and oxygen atoms in total. The van der Waals surface area contributed by atoms with Crippen molar-refractivity contribution in [2.24, 2.45) is 21.5 Å². The third-order valence-electron chi connectivity index (χ3n) is 5.83. The van der Waals surface area contributed by atoms with Gasteiger partial charge >= 0.3 is 0 Å². The molecule has 4 N–H and O–H groups in total. The molecule has 0 saturated heterocycles. The number of benzene rings is 2. The van der Waals surface area contributed by atoms with Crippen LogP contribution in [0, 0.1) is 5.82 Å². The van der Waals surface area contributed by atoms with Gasteiger partial charge in [-0.25, -0.2) is 14.4 Å². The van der Waals surface area contributed by atoms with E-state index in [1.54, 1.807) is 24.3 Å². The van der Waals surface area contributed by atoms with Gasteiger partial charge in [-0.1, -0.05) is 48.7 Å². The van der Waals surface area contributed by atoms with Crippen molar-refractivity contribution in [2.75, 3.05) is 13.2 Å². The number of aliphatic imine (C=N–C) groups is 2. The van der Waals surface area contributed by atoms with Gasteiger partial charge in [-0.3, -0.25) is 0 Å². The molecule has 0 amide bonds. The standard InChI is InChI=1S/C13H16Cl2N2O2.C13H16ClFN2O2/c1-2-9(5-8-7-18-13(16)17-8)19-10-3-4-11(14)12(15)6-10;1-2-10(6-9-7-18-13(16)17-9)19-12-4-3-8(14)5-11(12)15/h3-4,6,8-9H,2,5,7H2,1H3,(H2,16,17);3-5,9-10H,2,6-7H2,1H3,(H2,16,17)/t8-,9-;9-,10-/m00/s1. The van der Waals surface area contributed by atoms with Gasteiger partial charge in [0.05, 0.1) is 22.1 Å². The molecule has 208 valence electrons. The SMILES string of the molecule is CC[C@@H](C[C@H]1COC(N)=N1)Oc1ccc(Cl)c(Cl)c1.CC[C@@H](C[C@H]1COC(N)=N1)Oc1ccc(Cl)cc1F. The molecule has 0 bridgehead atoms. The number of nitrogens with two attached hydrogens (primary N) is 2. The molecule has 0 spiro atoms. The lowest BCUT2D eigenvalue weighted by Gasteiger charge is -2.19. The Kier molecular flexibility index (Phi) is 11.4. The zero-order valence-electron chi connectivity index (χ0n) is 21.2. The average Bonchev–Trinajstić information content (AvgIpc) is 3.49. The molecule has 0 aliphatic carbocycles. The van der Waals surface area contributed by atoms with E-state index >= 15 is 0 Å². The van der Waals surface area contributed by atoms with Crippen molar-refractivity contribution >= 4 is 46.8 Å². The number of halogens is 4. The molecule has 2 aliphatic rings. The molecule has 2 aromatic carbocycles. The van der Waals surface area contributed by atoms with Gasteiger partial charge in [0.2, 0.25) is 0 Å². The molecule has 4 rings (SSSR count). The lowest BCUT2D eigenvalue weighted by atomic mass is 10.1. The van der Waals surface area contributed by atoms with Crippen LogP contribution in [-0.4, -0.2) is 49.5 Å². The molecule has 0 radical (unpaired) electrons. The summed E-state index contributed by atoms with van der Waals surface area (Å²) >= 11 is 17.5. The smallest absolute Gasteiger partial charge is 0.282 e. The summed E-state index contributed by atoms with van der Waals surface area (Å²) in [6.45, 7) is 5.01. The third kappa shape index (κ3) is 9.29. The third-order valence-corrected chi connectivity index (χ3v) is 6.80. The van der Waals surface area contributed by atoms with E-state index in [1.165, 1.54) is 12.1 Å². The minimum absolute atomic E-state index is 0.0275. The molecular formula is C26H32Cl3FN4O4. The lowest BCUT2D eigenvalue weighted by molar-refractivity contribution is 0.162. The van der Waals surface area contributed by atoms with Crippen molar-refractivity contribution in [1.29, 1.82) is 0 Å². The minimum atomic E-state index is -0.461. The van der Waals surface area contributed by atoms with Gasteiger partial charge in [0.1, 0.15) is 31.2 Å². The predicted octanol–water partition coefficient (Wildman–Crippen LogP) is 5.99. The highest BCUT2D eigenvalue weighted by molar-refractivity contribution is 6.42. The Morgan fingerprint density at radius 1 is 0.868 bits per heavy atom. The van der Waals surface area contributed by atoms with E-state index in [-0.39, 0.29) is 42.1 Å². The van der Waals surface area contributed by atoms with Crippen LogP contribution in [-0.2, 0) is 9.47 Å². The summed E-state index contributed by atoms with van der Waals surface area (Å²) in [5, 5.41) is 1.35. The zero-order chi connectivity index (χ0) is 27.7. The maximum absolute atomic E-state index is 13.6. The summed E-state index contributed by atoms with van der Waals surface area (Å²) < 4.78 is 35.4. The van der Waals surface area contributed by atoms with Crippen LogP contribution in [0.15, 0.2) is 46.4 Å². The summed E-state index contributed by atoms with van der Waals surface area (Å²) in [5.74, 6) is 0.445. The van der Waals surface area contributed by atoms with Gasteiger partial charge in [-0.05, 0) is 43.2 Å². The highest BCUT2D eigenvalue weighted by Gasteiger charge is 2.23. The van der Waals surface area contributed by atoms with Crippen LogP contribution in [0.4, 0.5) is 4.39 Å². The Morgan fingerprint density at radius 2 is 1.45 bits per heavy atom. The van der Waals surface area contributed by atoms with Crippen molar-refractivity contribution in [2.45, 2.75) is 63.8 Å². The molecule has 2 aliphatic heterocycles. The van der Waals surface area contributed by atoms with Gasteiger partial charge in [0.25, 0.3) is 12.0 Å². The fourth-order valence-corrected chi connectivity index (χ4v) is 4.26. The first-order chi connectivity index (χ1) is 18.2. The molecule has 0 aromatic heterocycles. The first kappa shape index (κ1) is 29.9. The summed E-state index contributed by atoms with van der Waals surface area (Å²) in [6, 6.07) is 10.1. The minimum Gasteiger partial charge on any atom is -0.490 e. The maximum atomic E-state index is 13.6. The monoisotopic (exact) mass is 588 g/mol. The van der Waals surface area contributed by atoms with Crippen molar-refractivity contribution < 1.29 is 23.3 Å². The van der Waals surface area contributed by atoms with E-state index in [0.29, 0.717) is 40.5 Å². The van der Waals surface area contributed by atoms with E-state index < -0.39 is 5.82 Å². The second-order valence-electron chi connectivity index (χ2n) is 8.78. The van der Waals surface area contributed by atoms with E-state index in [9.17, 15) is 4.39 Å². The van der Waals surface area contributed by atoms with Crippen LogP contribution in [0.2, 0.25) is 15.1 Å². The summed E-state index contributed by atoms with van der Waals surface area (Å²) in [6.07, 6.45) is 2.91. The Labute approximate surface area is 237 Å². The highest BCUT2D eigenvalue weighted by Crippen LogP contribution is 2.28. The number of hydrogen-bond acceptors (Lipinski definition) is 8. The largest absolute Gasteiger partial charge is 0.490 e. The number of amidine groups is 2. The second kappa shape index (κ2) is 14.5. The van der Waals surface area contributed by atoms with Crippen LogP contribution in [0.5, 0.6) is 11.5 Å². The topological polar surface area (TPSA) is 114 Å². The van der Waals surface area contributed by atoms with Crippen molar-refractivity contribution in [3.63, 3.8) is 0 Å². The highest BCUT2D eigenvalue weighted by atomic mass is 35.5. The predicted molar refractivity (Wildman–Crippen MR) is 149 cm³/mol. The maximum Gasteiger partial charge on any atom is 0.282 e. The fraction of sp³-hybridized carbons (Fsp3) is 0.462.